The van der Waals surface area contributed by atoms with E-state index in [0.717, 1.165) is 5.56 Å². The van der Waals surface area contributed by atoms with Gasteiger partial charge in [-0.1, -0.05) is 11.8 Å². The Labute approximate surface area is 132 Å². The van der Waals surface area contributed by atoms with E-state index in [1.165, 1.54) is 11.8 Å². The molecule has 0 aliphatic heterocycles. The summed E-state index contributed by atoms with van der Waals surface area (Å²) in [5.41, 5.74) is 0.718. The highest BCUT2D eigenvalue weighted by atomic mass is 32.2. The van der Waals surface area contributed by atoms with Crippen LogP contribution in [0.1, 0.15) is 6.92 Å². The number of hydrogen-bond acceptors (Lipinski definition) is 7. The Morgan fingerprint density at radius 2 is 2.05 bits per heavy atom. The second-order valence-electron chi connectivity index (χ2n) is 4.19. The number of nitrogens with one attached hydrogen (secondary N) is 1. The molecule has 0 aliphatic rings. The molecular weight excluding hydrogens is 306 g/mol. The first-order valence-corrected chi connectivity index (χ1v) is 7.61. The molecule has 1 aromatic heterocycles. The second kappa shape index (κ2) is 7.69. The summed E-state index contributed by atoms with van der Waals surface area (Å²) in [5.74, 6) is 1.73. The highest BCUT2D eigenvalue weighted by Crippen LogP contribution is 2.32. The van der Waals surface area contributed by atoms with Crippen molar-refractivity contribution < 1.29 is 18.7 Å². The van der Waals surface area contributed by atoms with Gasteiger partial charge in [0.1, 0.15) is 0 Å². The Morgan fingerprint density at radius 1 is 1.27 bits per heavy atom. The van der Waals surface area contributed by atoms with Crippen LogP contribution in [0.3, 0.4) is 0 Å². The van der Waals surface area contributed by atoms with Crippen molar-refractivity contribution in [2.75, 3.05) is 26.5 Å². The summed E-state index contributed by atoms with van der Waals surface area (Å²) in [6.45, 7) is 2.46. The smallest absolute Gasteiger partial charge is 0.277 e. The Balaban J connectivity index is 2.09. The fourth-order valence-corrected chi connectivity index (χ4v) is 2.32. The van der Waals surface area contributed by atoms with E-state index in [2.05, 4.69) is 15.5 Å². The zero-order chi connectivity index (χ0) is 15.9. The van der Waals surface area contributed by atoms with Gasteiger partial charge in [-0.05, 0) is 25.1 Å². The third-order valence-corrected chi connectivity index (χ3v) is 3.56. The number of carbonyl (C=O) groups excluding carboxylic acids is 1. The molecule has 1 amide bonds. The molecule has 0 bridgehead atoms. The minimum atomic E-state index is -0.0710. The molecule has 0 aliphatic carbocycles. The van der Waals surface area contributed by atoms with E-state index in [9.17, 15) is 4.79 Å². The largest absolute Gasteiger partial charge is 0.493 e. The predicted octanol–water partition coefficient (Wildman–Crippen LogP) is 1.98. The maximum atomic E-state index is 11.4. The fraction of sp³-hybridized carbons (Fsp3) is 0.357. The van der Waals surface area contributed by atoms with Gasteiger partial charge < -0.3 is 19.2 Å². The minimum Gasteiger partial charge on any atom is -0.493 e. The molecule has 2 rings (SSSR count). The van der Waals surface area contributed by atoms with Crippen molar-refractivity contribution in [3.05, 3.63) is 18.2 Å². The third-order valence-electron chi connectivity index (χ3n) is 2.74. The fourth-order valence-electron chi connectivity index (χ4n) is 1.73. The zero-order valence-electron chi connectivity index (χ0n) is 12.6. The monoisotopic (exact) mass is 323 g/mol. The number of methoxy groups -OCH3 is 2. The number of amides is 1. The van der Waals surface area contributed by atoms with Crippen molar-refractivity contribution in [3.8, 4) is 23.0 Å². The number of carbonyl (C=O) groups is 1. The molecule has 1 N–H and O–H groups in total. The average molecular weight is 323 g/mol. The van der Waals surface area contributed by atoms with E-state index < -0.39 is 0 Å². The van der Waals surface area contributed by atoms with Gasteiger partial charge in [0.25, 0.3) is 5.22 Å². The number of aromatic nitrogens is 2. The van der Waals surface area contributed by atoms with Crippen LogP contribution < -0.4 is 14.8 Å². The van der Waals surface area contributed by atoms with Crippen LogP contribution in [0.25, 0.3) is 11.5 Å². The SMILES string of the molecule is CCNC(=O)CSc1nnc(-c2ccc(OC)c(OC)c2)o1. The summed E-state index contributed by atoms with van der Waals surface area (Å²) < 4.78 is 16.0. The molecule has 0 fully saturated rings. The number of rotatable bonds is 7. The molecule has 0 saturated carbocycles. The molecule has 0 spiro atoms. The lowest BCUT2D eigenvalue weighted by atomic mass is 10.2. The summed E-state index contributed by atoms with van der Waals surface area (Å²) in [6.07, 6.45) is 0. The molecule has 2 aromatic rings. The number of hydrogen-bond donors (Lipinski definition) is 1. The topological polar surface area (TPSA) is 86.5 Å². The summed E-state index contributed by atoms with van der Waals surface area (Å²) in [5, 5.41) is 10.9. The first-order valence-electron chi connectivity index (χ1n) is 6.63. The van der Waals surface area contributed by atoms with Crippen LogP contribution in [0.5, 0.6) is 11.5 Å². The van der Waals surface area contributed by atoms with Gasteiger partial charge in [-0.25, -0.2) is 0 Å². The van der Waals surface area contributed by atoms with E-state index in [-0.39, 0.29) is 11.7 Å². The molecule has 1 heterocycles. The molecule has 0 saturated heterocycles. The normalized spacial score (nSPS) is 10.3. The standard InChI is InChI=1S/C14H17N3O4S/c1-4-15-12(18)8-22-14-17-16-13(21-14)9-5-6-10(19-2)11(7-9)20-3/h5-7H,4,8H2,1-3H3,(H,15,18). The minimum absolute atomic E-state index is 0.0710. The molecular formula is C14H17N3O4S. The Morgan fingerprint density at radius 3 is 2.73 bits per heavy atom. The van der Waals surface area contributed by atoms with Gasteiger partial charge in [0, 0.05) is 12.1 Å². The molecule has 0 radical (unpaired) electrons. The summed E-state index contributed by atoms with van der Waals surface area (Å²) in [6, 6.07) is 5.32. The Hall–Kier alpha value is -2.22. The van der Waals surface area contributed by atoms with Crippen LogP contribution in [0.2, 0.25) is 0 Å². The van der Waals surface area contributed by atoms with Gasteiger partial charge in [0.05, 0.1) is 20.0 Å². The van der Waals surface area contributed by atoms with Crippen molar-refractivity contribution in [2.24, 2.45) is 0 Å². The van der Waals surface area contributed by atoms with E-state index in [1.807, 2.05) is 6.92 Å². The van der Waals surface area contributed by atoms with Gasteiger partial charge in [-0.2, -0.15) is 0 Å². The Bertz CT molecular complexity index is 645. The highest BCUT2D eigenvalue weighted by molar-refractivity contribution is 7.99. The van der Waals surface area contributed by atoms with Crippen LogP contribution in [-0.2, 0) is 4.79 Å². The molecule has 8 heteroatoms. The first-order chi connectivity index (χ1) is 10.7. The molecule has 118 valence electrons. The van der Waals surface area contributed by atoms with E-state index in [1.54, 1.807) is 32.4 Å². The van der Waals surface area contributed by atoms with E-state index >= 15 is 0 Å². The molecule has 7 nitrogen and oxygen atoms in total. The second-order valence-corrected chi connectivity index (χ2v) is 5.11. The molecule has 1 aromatic carbocycles. The number of benzene rings is 1. The van der Waals surface area contributed by atoms with Crippen molar-refractivity contribution in [1.29, 1.82) is 0 Å². The van der Waals surface area contributed by atoms with E-state index in [4.69, 9.17) is 13.9 Å². The maximum absolute atomic E-state index is 11.4. The first kappa shape index (κ1) is 16.2. The lowest BCUT2D eigenvalue weighted by Crippen LogP contribution is -2.24. The molecule has 22 heavy (non-hydrogen) atoms. The van der Waals surface area contributed by atoms with E-state index in [0.29, 0.717) is 29.2 Å². The van der Waals surface area contributed by atoms with Crippen molar-refractivity contribution in [3.63, 3.8) is 0 Å². The lowest BCUT2D eigenvalue weighted by Gasteiger charge is -2.07. The zero-order valence-corrected chi connectivity index (χ0v) is 13.4. The van der Waals surface area contributed by atoms with Gasteiger partial charge in [0.15, 0.2) is 11.5 Å². The number of ether oxygens (including phenoxy) is 2. The van der Waals surface area contributed by atoms with Crippen LogP contribution in [-0.4, -0.2) is 42.6 Å². The Kier molecular flexibility index (Phi) is 5.65. The van der Waals surface area contributed by atoms with Gasteiger partial charge >= 0.3 is 0 Å². The van der Waals surface area contributed by atoms with Crippen molar-refractivity contribution in [1.82, 2.24) is 15.5 Å². The van der Waals surface area contributed by atoms with Crippen LogP contribution in [0.15, 0.2) is 27.8 Å². The van der Waals surface area contributed by atoms with Gasteiger partial charge in [-0.15, -0.1) is 10.2 Å². The summed E-state index contributed by atoms with van der Waals surface area (Å²) in [4.78, 5) is 11.4. The van der Waals surface area contributed by atoms with Crippen molar-refractivity contribution >= 4 is 17.7 Å². The maximum Gasteiger partial charge on any atom is 0.277 e. The number of thioether (sulfide) groups is 1. The summed E-state index contributed by atoms with van der Waals surface area (Å²) >= 11 is 1.19. The quantitative estimate of drug-likeness (QED) is 0.780. The van der Waals surface area contributed by atoms with Crippen LogP contribution in [0.4, 0.5) is 0 Å². The van der Waals surface area contributed by atoms with Crippen LogP contribution >= 0.6 is 11.8 Å². The summed E-state index contributed by atoms with van der Waals surface area (Å²) in [7, 11) is 3.13. The van der Waals surface area contributed by atoms with Gasteiger partial charge in [0.2, 0.25) is 11.8 Å². The molecule has 0 atom stereocenters. The molecule has 0 unspecified atom stereocenters. The lowest BCUT2D eigenvalue weighted by molar-refractivity contribution is -0.118. The number of nitrogens with zero attached hydrogens (tertiary/aromatic N) is 2. The predicted molar refractivity (Wildman–Crippen MR) is 82.2 cm³/mol. The van der Waals surface area contributed by atoms with Gasteiger partial charge in [-0.3, -0.25) is 4.79 Å². The average Bonchev–Trinajstić information content (AvgIpc) is 3.01. The third kappa shape index (κ3) is 3.91. The highest BCUT2D eigenvalue weighted by Gasteiger charge is 2.13. The van der Waals surface area contributed by atoms with Crippen LogP contribution in [0, 0.1) is 0 Å². The van der Waals surface area contributed by atoms with Crippen molar-refractivity contribution in [2.45, 2.75) is 12.1 Å².